The van der Waals surface area contributed by atoms with Gasteiger partial charge < -0.3 is 14.0 Å². The molecule has 5 nitrogen and oxygen atoms in total. The van der Waals surface area contributed by atoms with Gasteiger partial charge in [-0.2, -0.15) is 5.26 Å². The number of carbonyl (C=O) groups excluding carboxylic acids is 1. The van der Waals surface area contributed by atoms with Crippen LogP contribution in [-0.4, -0.2) is 24.1 Å². The van der Waals surface area contributed by atoms with Crippen molar-refractivity contribution in [2.24, 2.45) is 0 Å². The summed E-state index contributed by atoms with van der Waals surface area (Å²) in [5.41, 5.74) is 4.25. The Morgan fingerprint density at radius 1 is 1.07 bits per heavy atom. The lowest BCUT2D eigenvalue weighted by molar-refractivity contribution is 0.0918. The Kier molecular flexibility index (Phi) is 5.81. The predicted molar refractivity (Wildman–Crippen MR) is 107 cm³/mol. The van der Waals surface area contributed by atoms with Gasteiger partial charge in [0.25, 0.3) is 0 Å². The number of aryl methyl sites for hydroxylation is 1. The van der Waals surface area contributed by atoms with Gasteiger partial charge in [0.2, 0.25) is 5.78 Å². The molecule has 0 bridgehead atoms. The Morgan fingerprint density at radius 3 is 2.50 bits per heavy atom. The zero-order chi connectivity index (χ0) is 20.1. The van der Waals surface area contributed by atoms with E-state index in [0.29, 0.717) is 22.6 Å². The fourth-order valence-electron chi connectivity index (χ4n) is 3.17. The number of Topliss-reactive ketones (excluding diaryl/α,β-unsaturated/α-hetero) is 1. The van der Waals surface area contributed by atoms with E-state index in [0.717, 1.165) is 17.9 Å². The molecular formula is C23H22N2O3. The van der Waals surface area contributed by atoms with E-state index in [4.69, 9.17) is 14.7 Å². The highest BCUT2D eigenvalue weighted by atomic mass is 16.5. The number of ketones is 1. The molecule has 3 rings (SSSR count). The number of nitriles is 1. The van der Waals surface area contributed by atoms with Crippen molar-refractivity contribution in [2.75, 3.05) is 13.7 Å². The number of carbonyl (C=O) groups is 1. The molecule has 0 atom stereocenters. The maximum absolute atomic E-state index is 12.7. The monoisotopic (exact) mass is 374 g/mol. The van der Waals surface area contributed by atoms with Crippen LogP contribution < -0.4 is 9.47 Å². The van der Waals surface area contributed by atoms with Crippen molar-refractivity contribution in [2.45, 2.75) is 20.4 Å². The summed E-state index contributed by atoms with van der Waals surface area (Å²) in [4.78, 5) is 12.7. The summed E-state index contributed by atoms with van der Waals surface area (Å²) in [5.74, 6) is 0.771. The predicted octanol–water partition coefficient (Wildman–Crippen LogP) is 4.30. The van der Waals surface area contributed by atoms with E-state index in [1.54, 1.807) is 18.2 Å². The van der Waals surface area contributed by atoms with Crippen molar-refractivity contribution in [3.05, 3.63) is 82.7 Å². The van der Waals surface area contributed by atoms with Gasteiger partial charge in [-0.15, -0.1) is 0 Å². The molecule has 1 heterocycles. The first-order valence-corrected chi connectivity index (χ1v) is 8.98. The van der Waals surface area contributed by atoms with Crippen LogP contribution in [0.5, 0.6) is 11.5 Å². The summed E-state index contributed by atoms with van der Waals surface area (Å²) in [5, 5.41) is 8.98. The molecule has 142 valence electrons. The third kappa shape index (κ3) is 4.07. The largest absolute Gasteiger partial charge is 0.493 e. The Labute approximate surface area is 164 Å². The lowest BCUT2D eigenvalue weighted by Gasteiger charge is -2.11. The molecule has 0 aliphatic rings. The van der Waals surface area contributed by atoms with Crippen molar-refractivity contribution in [3.63, 3.8) is 0 Å². The van der Waals surface area contributed by atoms with Crippen LogP contribution in [0.15, 0.2) is 54.6 Å². The lowest BCUT2D eigenvalue weighted by atomic mass is 10.1. The van der Waals surface area contributed by atoms with Gasteiger partial charge in [-0.3, -0.25) is 4.79 Å². The first kappa shape index (κ1) is 19.2. The summed E-state index contributed by atoms with van der Waals surface area (Å²) in [6.45, 7) is 4.57. The van der Waals surface area contributed by atoms with Gasteiger partial charge in [-0.25, -0.2) is 0 Å². The summed E-state index contributed by atoms with van der Waals surface area (Å²) in [7, 11) is 1.50. The molecule has 0 unspecified atom stereocenters. The number of benzene rings is 2. The Hall–Kier alpha value is -3.52. The number of ether oxygens (including phenoxy) is 2. The summed E-state index contributed by atoms with van der Waals surface area (Å²) in [6.07, 6.45) is 0. The number of methoxy groups -OCH3 is 1. The molecule has 2 aromatic carbocycles. The SMILES string of the molecule is COc1cc(C#N)ccc1OCC(=O)c1cc(C)n(Cc2ccccc2)c1C. The van der Waals surface area contributed by atoms with Crippen LogP contribution in [0.3, 0.4) is 0 Å². The van der Waals surface area contributed by atoms with Crippen molar-refractivity contribution in [1.82, 2.24) is 4.57 Å². The highest BCUT2D eigenvalue weighted by Gasteiger charge is 2.17. The fraction of sp³-hybridized carbons (Fsp3) is 0.217. The Bertz CT molecular complexity index is 1030. The number of rotatable bonds is 7. The molecule has 28 heavy (non-hydrogen) atoms. The molecule has 0 aliphatic heterocycles. The lowest BCUT2D eigenvalue weighted by Crippen LogP contribution is -2.13. The molecule has 1 aromatic heterocycles. The van der Waals surface area contributed by atoms with E-state index in [2.05, 4.69) is 22.8 Å². The van der Waals surface area contributed by atoms with Crippen molar-refractivity contribution in [1.29, 1.82) is 5.26 Å². The first-order chi connectivity index (χ1) is 13.5. The van der Waals surface area contributed by atoms with Crippen LogP contribution >= 0.6 is 0 Å². The van der Waals surface area contributed by atoms with Crippen molar-refractivity contribution >= 4 is 5.78 Å². The second-order valence-corrected chi connectivity index (χ2v) is 6.55. The average molecular weight is 374 g/mol. The summed E-state index contributed by atoms with van der Waals surface area (Å²) < 4.78 is 13.1. The standard InChI is InChI=1S/C23H22N2O3/c1-16-11-20(17(2)25(16)14-18-7-5-4-6-8-18)21(26)15-28-22-10-9-19(13-24)12-23(22)27-3/h4-12H,14-15H2,1-3H3. The van der Waals surface area contributed by atoms with Gasteiger partial charge in [0.15, 0.2) is 18.1 Å². The van der Waals surface area contributed by atoms with E-state index in [1.165, 1.54) is 12.7 Å². The van der Waals surface area contributed by atoms with Crippen LogP contribution in [-0.2, 0) is 6.54 Å². The molecule has 3 aromatic rings. The van der Waals surface area contributed by atoms with Crippen molar-refractivity contribution in [3.8, 4) is 17.6 Å². The van der Waals surface area contributed by atoms with E-state index in [9.17, 15) is 4.79 Å². The van der Waals surface area contributed by atoms with Crippen LogP contribution in [0.25, 0.3) is 0 Å². The normalized spacial score (nSPS) is 10.4. The maximum atomic E-state index is 12.7. The van der Waals surface area contributed by atoms with E-state index in [1.807, 2.05) is 38.1 Å². The summed E-state index contributed by atoms with van der Waals surface area (Å²) in [6, 6.07) is 19.0. The van der Waals surface area contributed by atoms with Gasteiger partial charge in [-0.1, -0.05) is 30.3 Å². The minimum absolute atomic E-state index is 0.0983. The van der Waals surface area contributed by atoms with E-state index < -0.39 is 0 Å². The van der Waals surface area contributed by atoms with Gasteiger partial charge in [0, 0.05) is 29.6 Å². The Morgan fingerprint density at radius 2 is 1.82 bits per heavy atom. The van der Waals surface area contributed by atoms with Gasteiger partial charge in [0.05, 0.1) is 18.7 Å². The number of aromatic nitrogens is 1. The smallest absolute Gasteiger partial charge is 0.202 e. The van der Waals surface area contributed by atoms with E-state index in [-0.39, 0.29) is 12.4 Å². The van der Waals surface area contributed by atoms with Crippen molar-refractivity contribution < 1.29 is 14.3 Å². The molecule has 0 aliphatic carbocycles. The average Bonchev–Trinajstić information content (AvgIpc) is 3.01. The highest BCUT2D eigenvalue weighted by molar-refractivity contribution is 5.98. The first-order valence-electron chi connectivity index (χ1n) is 8.98. The maximum Gasteiger partial charge on any atom is 0.202 e. The zero-order valence-corrected chi connectivity index (χ0v) is 16.2. The van der Waals surface area contributed by atoms with Gasteiger partial charge >= 0.3 is 0 Å². The molecule has 0 fully saturated rings. The molecule has 0 radical (unpaired) electrons. The zero-order valence-electron chi connectivity index (χ0n) is 16.2. The highest BCUT2D eigenvalue weighted by Crippen LogP contribution is 2.28. The van der Waals surface area contributed by atoms with Gasteiger partial charge in [-0.05, 0) is 37.6 Å². The second-order valence-electron chi connectivity index (χ2n) is 6.55. The molecular weight excluding hydrogens is 352 g/mol. The minimum Gasteiger partial charge on any atom is -0.493 e. The van der Waals surface area contributed by atoms with Gasteiger partial charge in [0.1, 0.15) is 0 Å². The Balaban J connectivity index is 1.75. The quantitative estimate of drug-likeness (QED) is 0.579. The van der Waals surface area contributed by atoms with E-state index >= 15 is 0 Å². The molecule has 0 amide bonds. The fourth-order valence-corrected chi connectivity index (χ4v) is 3.17. The molecule has 5 heteroatoms. The van der Waals surface area contributed by atoms with Crippen LogP contribution in [0, 0.1) is 25.2 Å². The third-order valence-electron chi connectivity index (χ3n) is 4.71. The molecule has 0 spiro atoms. The molecule has 0 saturated carbocycles. The minimum atomic E-state index is -0.0993. The molecule has 0 saturated heterocycles. The van der Waals surface area contributed by atoms with Crippen LogP contribution in [0.2, 0.25) is 0 Å². The number of hydrogen-bond donors (Lipinski definition) is 0. The third-order valence-corrected chi connectivity index (χ3v) is 4.71. The topological polar surface area (TPSA) is 64.2 Å². The second kappa shape index (κ2) is 8.45. The van der Waals surface area contributed by atoms with Crippen LogP contribution in [0.4, 0.5) is 0 Å². The molecule has 0 N–H and O–H groups in total. The number of hydrogen-bond acceptors (Lipinski definition) is 4. The summed E-state index contributed by atoms with van der Waals surface area (Å²) >= 11 is 0. The number of nitrogens with zero attached hydrogens (tertiary/aromatic N) is 2. The van der Waals surface area contributed by atoms with Crippen LogP contribution in [0.1, 0.15) is 32.9 Å².